The van der Waals surface area contributed by atoms with Crippen LogP contribution in [0.4, 0.5) is 4.79 Å². The minimum atomic E-state index is -1.33. The number of ether oxygens (including phenoxy) is 1. The average molecular weight is 563 g/mol. The third-order valence-corrected chi connectivity index (χ3v) is 6.19. The number of hydrogen-bond donors (Lipinski definition) is 3. The van der Waals surface area contributed by atoms with Gasteiger partial charge in [-0.2, -0.15) is 0 Å². The molecule has 0 fully saturated rings. The molecular formula is C32H42N4O5. The summed E-state index contributed by atoms with van der Waals surface area (Å²) in [5, 5.41) is 5.43. The van der Waals surface area contributed by atoms with Crippen LogP contribution in [0.15, 0.2) is 54.6 Å². The van der Waals surface area contributed by atoms with Crippen molar-refractivity contribution in [2.45, 2.75) is 84.0 Å². The van der Waals surface area contributed by atoms with Crippen LogP contribution in [0.3, 0.4) is 0 Å². The van der Waals surface area contributed by atoms with E-state index in [4.69, 9.17) is 16.9 Å². The van der Waals surface area contributed by atoms with Crippen molar-refractivity contribution in [2.24, 2.45) is 5.73 Å². The number of unbranched alkanes of at least 4 members (excludes halogenated alkanes) is 3. The van der Waals surface area contributed by atoms with E-state index in [0.29, 0.717) is 17.5 Å². The fraction of sp³-hybridized carbons (Fsp3) is 0.438. The van der Waals surface area contributed by atoms with Crippen molar-refractivity contribution in [2.75, 3.05) is 6.54 Å². The Balaban J connectivity index is 2.50. The van der Waals surface area contributed by atoms with Gasteiger partial charge in [-0.1, -0.05) is 74.6 Å². The van der Waals surface area contributed by atoms with Crippen molar-refractivity contribution in [1.82, 2.24) is 15.5 Å². The Morgan fingerprint density at radius 1 is 1.00 bits per heavy atom. The van der Waals surface area contributed by atoms with E-state index < -0.39 is 47.9 Å². The lowest BCUT2D eigenvalue weighted by atomic mass is 10.00. The molecule has 2 unspecified atom stereocenters. The Hall–Kier alpha value is -4.32. The maximum absolute atomic E-state index is 14.1. The number of primary amides is 1. The molecule has 9 nitrogen and oxygen atoms in total. The predicted molar refractivity (Wildman–Crippen MR) is 158 cm³/mol. The summed E-state index contributed by atoms with van der Waals surface area (Å²) < 4.78 is 5.33. The second-order valence-electron chi connectivity index (χ2n) is 10.8. The Bertz CT molecular complexity index is 1200. The van der Waals surface area contributed by atoms with Gasteiger partial charge in [0.15, 0.2) is 0 Å². The van der Waals surface area contributed by atoms with Crippen LogP contribution in [0.5, 0.6) is 0 Å². The molecule has 220 valence electrons. The number of benzene rings is 2. The summed E-state index contributed by atoms with van der Waals surface area (Å²) >= 11 is 0. The van der Waals surface area contributed by atoms with Crippen LogP contribution in [0.1, 0.15) is 82.5 Å². The molecule has 0 saturated carbocycles. The highest BCUT2D eigenvalue weighted by Crippen LogP contribution is 2.25. The second-order valence-corrected chi connectivity index (χ2v) is 10.8. The van der Waals surface area contributed by atoms with Gasteiger partial charge < -0.3 is 26.0 Å². The van der Waals surface area contributed by atoms with Crippen LogP contribution in [0.2, 0.25) is 0 Å². The van der Waals surface area contributed by atoms with Gasteiger partial charge in [-0.15, -0.1) is 6.42 Å². The molecule has 0 aromatic heterocycles. The molecule has 0 spiro atoms. The molecule has 0 aliphatic heterocycles. The van der Waals surface area contributed by atoms with Gasteiger partial charge in [-0.25, -0.2) is 4.79 Å². The van der Waals surface area contributed by atoms with Crippen molar-refractivity contribution in [1.29, 1.82) is 0 Å². The van der Waals surface area contributed by atoms with Gasteiger partial charge in [0, 0.05) is 18.7 Å². The zero-order valence-corrected chi connectivity index (χ0v) is 24.4. The van der Waals surface area contributed by atoms with Crippen molar-refractivity contribution in [3.63, 3.8) is 0 Å². The molecule has 2 aromatic carbocycles. The minimum Gasteiger partial charge on any atom is -0.444 e. The topological polar surface area (TPSA) is 131 Å². The van der Waals surface area contributed by atoms with Crippen LogP contribution < -0.4 is 16.4 Å². The summed E-state index contributed by atoms with van der Waals surface area (Å²) in [7, 11) is 0. The van der Waals surface area contributed by atoms with Crippen molar-refractivity contribution in [3.8, 4) is 12.3 Å². The molecule has 0 bridgehead atoms. The largest absolute Gasteiger partial charge is 0.444 e. The number of rotatable bonds is 14. The molecule has 41 heavy (non-hydrogen) atoms. The highest BCUT2D eigenvalue weighted by Gasteiger charge is 2.36. The van der Waals surface area contributed by atoms with Crippen molar-refractivity contribution < 1.29 is 23.9 Å². The maximum atomic E-state index is 14.1. The molecule has 2 atom stereocenters. The number of nitrogens with two attached hydrogens (primary N) is 1. The van der Waals surface area contributed by atoms with Crippen LogP contribution in [-0.4, -0.2) is 46.9 Å². The van der Waals surface area contributed by atoms with Crippen LogP contribution in [0.25, 0.3) is 0 Å². The highest BCUT2D eigenvalue weighted by atomic mass is 16.6. The third kappa shape index (κ3) is 11.4. The molecule has 2 rings (SSSR count). The van der Waals surface area contributed by atoms with Gasteiger partial charge in [-0.3, -0.25) is 14.4 Å². The number of carbonyl (C=O) groups excluding carboxylic acids is 4. The SMILES string of the molecule is C#Cc1ccc(C(C(=O)NCc2ccccc2)N(CCCCCC)C(=O)C(CC(N)=O)NC(=O)OC(C)(C)C)cc1. The first-order valence-electron chi connectivity index (χ1n) is 13.9. The van der Waals surface area contributed by atoms with Gasteiger partial charge in [0.25, 0.3) is 0 Å². The van der Waals surface area contributed by atoms with Crippen LogP contribution >= 0.6 is 0 Å². The monoisotopic (exact) mass is 562 g/mol. The van der Waals surface area contributed by atoms with Crippen molar-refractivity contribution >= 4 is 23.8 Å². The Labute approximate surface area is 243 Å². The lowest BCUT2D eigenvalue weighted by Crippen LogP contribution is -2.54. The van der Waals surface area contributed by atoms with E-state index in [-0.39, 0.29) is 13.1 Å². The predicted octanol–water partition coefficient (Wildman–Crippen LogP) is 4.20. The summed E-state index contributed by atoms with van der Waals surface area (Å²) in [6, 6.07) is 13.8. The number of carbonyl (C=O) groups is 4. The standard InChI is InChI=1S/C32H42N4O5/c1-6-8-9-13-20-36(30(39)26(21-27(33)37)35-31(40)41-32(3,4)5)28(25-18-16-23(7-2)17-19-25)29(38)34-22-24-14-11-10-12-15-24/h2,10-12,14-19,26,28H,6,8-9,13,20-22H2,1,3-5H3,(H2,33,37)(H,34,38)(H,35,40). The summed E-state index contributed by atoms with van der Waals surface area (Å²) in [6.45, 7) is 7.59. The Kier molecular flexibility index (Phi) is 12.9. The molecule has 2 aromatic rings. The number of terminal acetylenes is 1. The van der Waals surface area contributed by atoms with Crippen molar-refractivity contribution in [3.05, 3.63) is 71.3 Å². The number of hydrogen-bond acceptors (Lipinski definition) is 5. The molecule has 4 amide bonds. The van der Waals surface area contributed by atoms with Crippen LogP contribution in [-0.2, 0) is 25.7 Å². The quantitative estimate of drug-likeness (QED) is 0.235. The van der Waals surface area contributed by atoms with E-state index in [1.165, 1.54) is 4.90 Å². The number of amides is 4. The van der Waals surface area contributed by atoms with E-state index in [1.807, 2.05) is 30.3 Å². The molecule has 0 radical (unpaired) electrons. The number of nitrogens with one attached hydrogen (secondary N) is 2. The van der Waals surface area contributed by atoms with Gasteiger partial charge in [0.2, 0.25) is 17.7 Å². The number of alkyl carbamates (subject to hydrolysis) is 1. The normalized spacial score (nSPS) is 12.4. The lowest BCUT2D eigenvalue weighted by molar-refractivity contribution is -0.143. The Morgan fingerprint density at radius 2 is 1.66 bits per heavy atom. The molecular weight excluding hydrogens is 520 g/mol. The van der Waals surface area contributed by atoms with E-state index >= 15 is 0 Å². The Morgan fingerprint density at radius 3 is 2.22 bits per heavy atom. The fourth-order valence-corrected chi connectivity index (χ4v) is 4.24. The molecule has 0 aliphatic carbocycles. The smallest absolute Gasteiger partial charge is 0.408 e. The highest BCUT2D eigenvalue weighted by molar-refractivity contribution is 5.94. The second kappa shape index (κ2) is 16.1. The fourth-order valence-electron chi connectivity index (χ4n) is 4.24. The van der Waals surface area contributed by atoms with E-state index in [9.17, 15) is 19.2 Å². The zero-order valence-electron chi connectivity index (χ0n) is 24.4. The van der Waals surface area contributed by atoms with Gasteiger partial charge in [0.05, 0.1) is 6.42 Å². The summed E-state index contributed by atoms with van der Waals surface area (Å²) in [6.07, 6.45) is 7.57. The lowest BCUT2D eigenvalue weighted by Gasteiger charge is -2.34. The minimum absolute atomic E-state index is 0.213. The molecule has 0 aliphatic rings. The summed E-state index contributed by atoms with van der Waals surface area (Å²) in [5.41, 5.74) is 6.68. The van der Waals surface area contributed by atoms with Gasteiger partial charge in [-0.05, 0) is 50.5 Å². The average Bonchev–Trinajstić information content (AvgIpc) is 2.92. The number of nitrogens with zero attached hydrogens (tertiary/aromatic N) is 1. The molecule has 0 saturated heterocycles. The van der Waals surface area contributed by atoms with Gasteiger partial charge >= 0.3 is 6.09 Å². The summed E-state index contributed by atoms with van der Waals surface area (Å²) in [4.78, 5) is 53.9. The maximum Gasteiger partial charge on any atom is 0.408 e. The molecule has 4 N–H and O–H groups in total. The van der Waals surface area contributed by atoms with E-state index in [1.54, 1.807) is 45.0 Å². The first kappa shape index (κ1) is 32.9. The zero-order chi connectivity index (χ0) is 30.4. The van der Waals surface area contributed by atoms with Crippen LogP contribution in [0, 0.1) is 12.3 Å². The molecule has 0 heterocycles. The van der Waals surface area contributed by atoms with E-state index in [0.717, 1.165) is 24.8 Å². The summed E-state index contributed by atoms with van der Waals surface area (Å²) in [5.74, 6) is 0.738. The van der Waals surface area contributed by atoms with Gasteiger partial charge in [0.1, 0.15) is 17.7 Å². The first-order chi connectivity index (χ1) is 19.4. The third-order valence-electron chi connectivity index (χ3n) is 6.19. The van der Waals surface area contributed by atoms with E-state index in [2.05, 4.69) is 23.5 Å². The molecule has 9 heteroatoms. The first-order valence-corrected chi connectivity index (χ1v) is 13.9.